The Morgan fingerprint density at radius 2 is 1.73 bits per heavy atom. The summed E-state index contributed by atoms with van der Waals surface area (Å²) in [6, 6.07) is 12.2. The number of ether oxygens (including phenoxy) is 2. The first kappa shape index (κ1) is 18.7. The van der Waals surface area contributed by atoms with Gasteiger partial charge in [-0.3, -0.25) is 0 Å². The van der Waals surface area contributed by atoms with Gasteiger partial charge in [0.1, 0.15) is 10.6 Å². The van der Waals surface area contributed by atoms with E-state index in [9.17, 15) is 21.6 Å². The maximum absolute atomic E-state index is 12.5. The van der Waals surface area contributed by atoms with Gasteiger partial charge in [-0.05, 0) is 23.3 Å². The second kappa shape index (κ2) is 7.26. The molecule has 0 bridgehead atoms. The predicted octanol–water partition coefficient (Wildman–Crippen LogP) is 3.01. The normalized spacial score (nSPS) is 17.6. The summed E-state index contributed by atoms with van der Waals surface area (Å²) in [4.78, 5) is -0.575. The van der Waals surface area contributed by atoms with Gasteiger partial charge >= 0.3 is 6.36 Å². The largest absolute Gasteiger partial charge is 0.573 e. The van der Waals surface area contributed by atoms with Crippen LogP contribution < -0.4 is 9.46 Å². The molecule has 1 atom stereocenters. The van der Waals surface area contributed by atoms with E-state index >= 15 is 0 Å². The number of fused-ring (bicyclic) bond motifs is 1. The molecule has 2 aromatic rings. The molecular weight excluding hydrogens is 371 g/mol. The Kier molecular flexibility index (Phi) is 5.22. The Hall–Kier alpha value is -2.10. The molecule has 26 heavy (non-hydrogen) atoms. The van der Waals surface area contributed by atoms with Crippen molar-refractivity contribution in [3.05, 3.63) is 59.7 Å². The monoisotopic (exact) mass is 387 g/mol. The molecule has 1 N–H and O–H groups in total. The molecule has 1 aliphatic rings. The predicted molar refractivity (Wildman–Crippen MR) is 87.0 cm³/mol. The van der Waals surface area contributed by atoms with Crippen LogP contribution in [0.2, 0.25) is 0 Å². The van der Waals surface area contributed by atoms with E-state index in [0.29, 0.717) is 13.0 Å². The first-order chi connectivity index (χ1) is 12.2. The van der Waals surface area contributed by atoms with E-state index in [1.807, 2.05) is 24.3 Å². The number of alkyl halides is 3. The van der Waals surface area contributed by atoms with Crippen LogP contribution in [0.4, 0.5) is 13.2 Å². The lowest BCUT2D eigenvalue weighted by molar-refractivity contribution is -0.275. The summed E-state index contributed by atoms with van der Waals surface area (Å²) in [5, 5.41) is 0. The van der Waals surface area contributed by atoms with Gasteiger partial charge < -0.3 is 9.47 Å². The number of para-hydroxylation sites is 1. The number of benzene rings is 2. The highest BCUT2D eigenvalue weighted by molar-refractivity contribution is 7.89. The van der Waals surface area contributed by atoms with E-state index in [1.165, 1.54) is 12.1 Å². The fourth-order valence-electron chi connectivity index (χ4n) is 2.70. The molecule has 0 radical (unpaired) electrons. The molecule has 140 valence electrons. The van der Waals surface area contributed by atoms with Gasteiger partial charge in [0.2, 0.25) is 10.0 Å². The zero-order valence-electron chi connectivity index (χ0n) is 13.5. The summed E-state index contributed by atoms with van der Waals surface area (Å²) in [5.41, 5.74) is 2.10. The van der Waals surface area contributed by atoms with Crippen LogP contribution in [0.5, 0.6) is 5.75 Å². The molecular formula is C17H16F3NO4S. The van der Waals surface area contributed by atoms with Gasteiger partial charge in [0.15, 0.2) is 0 Å². The van der Waals surface area contributed by atoms with Crippen molar-refractivity contribution in [2.45, 2.75) is 30.4 Å². The summed E-state index contributed by atoms with van der Waals surface area (Å²) < 4.78 is 74.0. The van der Waals surface area contributed by atoms with Crippen LogP contribution >= 0.6 is 0 Å². The molecule has 0 saturated carbocycles. The molecule has 0 saturated heterocycles. The smallest absolute Gasteiger partial charge is 0.404 e. The molecule has 1 heterocycles. The van der Waals surface area contributed by atoms with Crippen molar-refractivity contribution in [2.75, 3.05) is 6.54 Å². The van der Waals surface area contributed by atoms with Crippen LogP contribution in [0.3, 0.4) is 0 Å². The Labute approximate surface area is 148 Å². The maximum Gasteiger partial charge on any atom is 0.573 e. The van der Waals surface area contributed by atoms with Gasteiger partial charge in [-0.15, -0.1) is 13.2 Å². The van der Waals surface area contributed by atoms with E-state index in [4.69, 9.17) is 4.74 Å². The average molecular weight is 387 g/mol. The summed E-state index contributed by atoms with van der Waals surface area (Å²) >= 11 is 0. The molecule has 2 aromatic carbocycles. The zero-order chi connectivity index (χ0) is 18.8. The lowest BCUT2D eigenvalue weighted by Gasteiger charge is -2.25. The van der Waals surface area contributed by atoms with Gasteiger partial charge in [-0.2, -0.15) is 0 Å². The highest BCUT2D eigenvalue weighted by atomic mass is 32.2. The zero-order valence-corrected chi connectivity index (χ0v) is 14.3. The number of hydrogen-bond acceptors (Lipinski definition) is 4. The summed E-state index contributed by atoms with van der Waals surface area (Å²) in [6.45, 7) is 0.299. The first-order valence-electron chi connectivity index (χ1n) is 7.77. The van der Waals surface area contributed by atoms with Gasteiger partial charge in [0.25, 0.3) is 0 Å². The Balaban J connectivity index is 1.71. The molecule has 0 fully saturated rings. The van der Waals surface area contributed by atoms with E-state index < -0.39 is 33.1 Å². The third-order valence-electron chi connectivity index (χ3n) is 3.91. The van der Waals surface area contributed by atoms with E-state index in [0.717, 1.165) is 23.3 Å². The van der Waals surface area contributed by atoms with Crippen molar-refractivity contribution in [3.8, 4) is 5.75 Å². The highest BCUT2D eigenvalue weighted by Crippen LogP contribution is 2.29. The molecule has 1 aliphatic heterocycles. The van der Waals surface area contributed by atoms with Crippen LogP contribution in [0.25, 0.3) is 0 Å². The third kappa shape index (κ3) is 4.54. The number of halogens is 3. The Morgan fingerprint density at radius 1 is 1.08 bits per heavy atom. The number of hydrogen-bond donors (Lipinski definition) is 1. The number of nitrogens with one attached hydrogen (secondary N) is 1. The second-order valence-electron chi connectivity index (χ2n) is 5.75. The van der Waals surface area contributed by atoms with Gasteiger partial charge in [-0.25, -0.2) is 13.1 Å². The SMILES string of the molecule is O=S(=O)(NCC1Cc2ccccc2CO1)c1ccccc1OC(F)(F)F. The number of sulfonamides is 1. The molecule has 0 spiro atoms. The van der Waals surface area contributed by atoms with Crippen LogP contribution in [0.15, 0.2) is 53.4 Å². The molecule has 5 nitrogen and oxygen atoms in total. The van der Waals surface area contributed by atoms with Crippen molar-refractivity contribution < 1.29 is 31.1 Å². The fraction of sp³-hybridized carbons (Fsp3) is 0.294. The summed E-state index contributed by atoms with van der Waals surface area (Å²) in [7, 11) is -4.20. The first-order valence-corrected chi connectivity index (χ1v) is 9.26. The molecule has 9 heteroatoms. The van der Waals surface area contributed by atoms with Gasteiger partial charge in [0, 0.05) is 13.0 Å². The van der Waals surface area contributed by atoms with E-state index in [2.05, 4.69) is 9.46 Å². The van der Waals surface area contributed by atoms with Crippen LogP contribution in [0.1, 0.15) is 11.1 Å². The molecule has 0 amide bonds. The van der Waals surface area contributed by atoms with Crippen molar-refractivity contribution in [2.24, 2.45) is 0 Å². The van der Waals surface area contributed by atoms with Gasteiger partial charge in [-0.1, -0.05) is 36.4 Å². The fourth-order valence-corrected chi connectivity index (χ4v) is 3.90. The lowest BCUT2D eigenvalue weighted by atomic mass is 9.99. The Morgan fingerprint density at radius 3 is 2.46 bits per heavy atom. The lowest BCUT2D eigenvalue weighted by Crippen LogP contribution is -2.37. The van der Waals surface area contributed by atoms with E-state index in [-0.39, 0.29) is 6.54 Å². The maximum atomic E-state index is 12.5. The molecule has 0 aliphatic carbocycles. The minimum absolute atomic E-state index is 0.0585. The summed E-state index contributed by atoms with van der Waals surface area (Å²) in [6.07, 6.45) is -4.88. The summed E-state index contributed by atoms with van der Waals surface area (Å²) in [5.74, 6) is -0.776. The van der Waals surface area contributed by atoms with E-state index in [1.54, 1.807) is 0 Å². The number of rotatable bonds is 5. The molecule has 0 aromatic heterocycles. The molecule has 1 unspecified atom stereocenters. The highest BCUT2D eigenvalue weighted by Gasteiger charge is 2.34. The van der Waals surface area contributed by atoms with Crippen molar-refractivity contribution in [1.82, 2.24) is 4.72 Å². The van der Waals surface area contributed by atoms with Crippen LogP contribution in [-0.4, -0.2) is 27.4 Å². The standard InChI is InChI=1S/C17H16F3NO4S/c18-17(19,20)25-15-7-3-4-8-16(15)26(22,23)21-10-14-9-12-5-1-2-6-13(12)11-24-14/h1-8,14,21H,9-11H2. The van der Waals surface area contributed by atoms with Crippen LogP contribution in [0, 0.1) is 0 Å². The van der Waals surface area contributed by atoms with Crippen LogP contribution in [-0.2, 0) is 27.8 Å². The minimum atomic E-state index is -4.98. The average Bonchev–Trinajstić information content (AvgIpc) is 2.59. The second-order valence-corrected chi connectivity index (χ2v) is 7.49. The molecule has 3 rings (SSSR count). The third-order valence-corrected chi connectivity index (χ3v) is 5.37. The van der Waals surface area contributed by atoms with Crippen molar-refractivity contribution >= 4 is 10.0 Å². The Bertz CT molecular complexity index is 884. The topological polar surface area (TPSA) is 64.6 Å². The van der Waals surface area contributed by atoms with Crippen molar-refractivity contribution in [1.29, 1.82) is 0 Å². The van der Waals surface area contributed by atoms with Gasteiger partial charge in [0.05, 0.1) is 12.7 Å². The van der Waals surface area contributed by atoms with Crippen molar-refractivity contribution in [3.63, 3.8) is 0 Å². The quantitative estimate of drug-likeness (QED) is 0.857. The minimum Gasteiger partial charge on any atom is -0.404 e.